The van der Waals surface area contributed by atoms with Crippen molar-refractivity contribution in [3.05, 3.63) is 35.6 Å². The molecule has 0 radical (unpaired) electrons. The molecule has 0 aromatic heterocycles. The average molecular weight is 193 g/mol. The molecule has 1 N–H and O–H groups in total. The van der Waals surface area contributed by atoms with E-state index in [9.17, 15) is 9.18 Å². The van der Waals surface area contributed by atoms with Crippen molar-refractivity contribution < 1.29 is 9.18 Å². The molecule has 1 atom stereocenters. The van der Waals surface area contributed by atoms with Crippen molar-refractivity contribution >= 4 is 5.91 Å². The Balaban J connectivity index is 2.17. The first kappa shape index (κ1) is 9.19. The first-order valence-corrected chi connectivity index (χ1v) is 4.78. The normalized spacial score (nSPS) is 21.8. The number of halogens is 1. The minimum atomic E-state index is -0.228. The van der Waals surface area contributed by atoms with E-state index in [2.05, 4.69) is 5.32 Å². The quantitative estimate of drug-likeness (QED) is 0.724. The molecule has 1 unspecified atom stereocenters. The Kier molecular flexibility index (Phi) is 2.48. The molecule has 2 rings (SSSR count). The van der Waals surface area contributed by atoms with Crippen molar-refractivity contribution in [3.8, 4) is 0 Å². The van der Waals surface area contributed by atoms with Crippen LogP contribution in [0.2, 0.25) is 0 Å². The SMILES string of the molecule is O=C1CC(c2cccc(F)c2)CCN1. The summed E-state index contributed by atoms with van der Waals surface area (Å²) in [6.45, 7) is 0.694. The summed E-state index contributed by atoms with van der Waals surface area (Å²) in [4.78, 5) is 11.1. The zero-order valence-electron chi connectivity index (χ0n) is 7.79. The molecule has 2 nitrogen and oxygen atoms in total. The zero-order chi connectivity index (χ0) is 9.97. The number of carbonyl (C=O) groups excluding carboxylic acids is 1. The van der Waals surface area contributed by atoms with Crippen LogP contribution in [0.3, 0.4) is 0 Å². The van der Waals surface area contributed by atoms with Crippen molar-refractivity contribution in [3.63, 3.8) is 0 Å². The lowest BCUT2D eigenvalue weighted by atomic mass is 9.90. The van der Waals surface area contributed by atoms with Crippen LogP contribution in [0.25, 0.3) is 0 Å². The average Bonchev–Trinajstić information content (AvgIpc) is 2.18. The predicted molar refractivity (Wildman–Crippen MR) is 51.4 cm³/mol. The number of benzene rings is 1. The second-order valence-corrected chi connectivity index (χ2v) is 3.59. The van der Waals surface area contributed by atoms with E-state index in [0.717, 1.165) is 12.0 Å². The molecule has 0 spiro atoms. The van der Waals surface area contributed by atoms with Crippen LogP contribution >= 0.6 is 0 Å². The Morgan fingerprint density at radius 2 is 2.29 bits per heavy atom. The van der Waals surface area contributed by atoms with Gasteiger partial charge >= 0.3 is 0 Å². The number of nitrogens with one attached hydrogen (secondary N) is 1. The lowest BCUT2D eigenvalue weighted by molar-refractivity contribution is -0.122. The molecule has 1 aromatic rings. The maximum Gasteiger partial charge on any atom is 0.220 e. The molecule has 1 fully saturated rings. The Hall–Kier alpha value is -1.38. The third kappa shape index (κ3) is 1.92. The van der Waals surface area contributed by atoms with Crippen LogP contribution in [-0.4, -0.2) is 12.5 Å². The number of hydrogen-bond donors (Lipinski definition) is 1. The summed E-state index contributed by atoms with van der Waals surface area (Å²) in [5.74, 6) is 0.0124. The van der Waals surface area contributed by atoms with Gasteiger partial charge in [-0.3, -0.25) is 4.79 Å². The molecule has 1 saturated heterocycles. The van der Waals surface area contributed by atoms with E-state index in [0.29, 0.717) is 13.0 Å². The van der Waals surface area contributed by atoms with Gasteiger partial charge in [0.2, 0.25) is 5.91 Å². The van der Waals surface area contributed by atoms with Crippen molar-refractivity contribution in [2.45, 2.75) is 18.8 Å². The molecular formula is C11H12FNO. The first-order chi connectivity index (χ1) is 6.75. The van der Waals surface area contributed by atoms with E-state index in [1.165, 1.54) is 12.1 Å². The van der Waals surface area contributed by atoms with E-state index < -0.39 is 0 Å². The minimum Gasteiger partial charge on any atom is -0.356 e. The molecule has 0 saturated carbocycles. The lowest BCUT2D eigenvalue weighted by Gasteiger charge is -2.22. The summed E-state index contributed by atoms with van der Waals surface area (Å²) >= 11 is 0. The number of piperidine rings is 1. The molecule has 74 valence electrons. The van der Waals surface area contributed by atoms with Crippen molar-refractivity contribution in [2.75, 3.05) is 6.54 Å². The summed E-state index contributed by atoms with van der Waals surface area (Å²) < 4.78 is 12.9. The summed E-state index contributed by atoms with van der Waals surface area (Å²) in [6.07, 6.45) is 1.37. The highest BCUT2D eigenvalue weighted by atomic mass is 19.1. The van der Waals surface area contributed by atoms with Gasteiger partial charge in [-0.2, -0.15) is 0 Å². The van der Waals surface area contributed by atoms with Crippen LogP contribution in [-0.2, 0) is 4.79 Å². The fourth-order valence-electron chi connectivity index (χ4n) is 1.83. The van der Waals surface area contributed by atoms with Crippen LogP contribution < -0.4 is 5.32 Å². The highest BCUT2D eigenvalue weighted by Gasteiger charge is 2.20. The van der Waals surface area contributed by atoms with Crippen molar-refractivity contribution in [1.29, 1.82) is 0 Å². The maximum absolute atomic E-state index is 12.9. The standard InChI is InChI=1S/C11H12FNO/c12-10-3-1-2-8(6-10)9-4-5-13-11(14)7-9/h1-3,6,9H,4-5,7H2,(H,13,14). The third-order valence-electron chi connectivity index (χ3n) is 2.57. The smallest absolute Gasteiger partial charge is 0.220 e. The number of carbonyl (C=O) groups is 1. The molecule has 1 aromatic carbocycles. The second kappa shape index (κ2) is 3.78. The van der Waals surface area contributed by atoms with E-state index in [4.69, 9.17) is 0 Å². The molecule has 14 heavy (non-hydrogen) atoms. The largest absolute Gasteiger partial charge is 0.356 e. The Morgan fingerprint density at radius 1 is 1.43 bits per heavy atom. The summed E-state index contributed by atoms with van der Waals surface area (Å²) in [7, 11) is 0. The van der Waals surface area contributed by atoms with Gasteiger partial charge in [0.25, 0.3) is 0 Å². The summed E-state index contributed by atoms with van der Waals surface area (Å²) in [5, 5.41) is 2.76. The molecule has 1 amide bonds. The van der Waals surface area contributed by atoms with E-state index in [1.54, 1.807) is 6.07 Å². The van der Waals surface area contributed by atoms with Crippen LogP contribution in [0.5, 0.6) is 0 Å². The number of amides is 1. The Bertz CT molecular complexity index is 351. The van der Waals surface area contributed by atoms with Gasteiger partial charge in [0.15, 0.2) is 0 Å². The summed E-state index contributed by atoms with van der Waals surface area (Å²) in [6, 6.07) is 6.51. The van der Waals surface area contributed by atoms with Gasteiger partial charge in [-0.15, -0.1) is 0 Å². The van der Waals surface area contributed by atoms with Gasteiger partial charge < -0.3 is 5.32 Å². The van der Waals surface area contributed by atoms with Crippen LogP contribution in [0.4, 0.5) is 4.39 Å². The highest BCUT2D eigenvalue weighted by molar-refractivity contribution is 5.77. The predicted octanol–water partition coefficient (Wildman–Crippen LogP) is 1.82. The van der Waals surface area contributed by atoms with Gasteiger partial charge in [0, 0.05) is 13.0 Å². The third-order valence-corrected chi connectivity index (χ3v) is 2.57. The lowest BCUT2D eigenvalue weighted by Crippen LogP contribution is -2.32. The van der Waals surface area contributed by atoms with Crippen LogP contribution in [0.15, 0.2) is 24.3 Å². The summed E-state index contributed by atoms with van der Waals surface area (Å²) in [5.41, 5.74) is 0.930. The number of hydrogen-bond acceptors (Lipinski definition) is 1. The van der Waals surface area contributed by atoms with Gasteiger partial charge in [0.1, 0.15) is 5.82 Å². The van der Waals surface area contributed by atoms with Crippen LogP contribution in [0.1, 0.15) is 24.3 Å². The van der Waals surface area contributed by atoms with Crippen molar-refractivity contribution in [2.24, 2.45) is 0 Å². The van der Waals surface area contributed by atoms with E-state index >= 15 is 0 Å². The van der Waals surface area contributed by atoms with Gasteiger partial charge in [0.05, 0.1) is 0 Å². The molecule has 1 heterocycles. The molecule has 0 aliphatic carbocycles. The fourth-order valence-corrected chi connectivity index (χ4v) is 1.83. The number of rotatable bonds is 1. The van der Waals surface area contributed by atoms with Crippen LogP contribution in [0, 0.1) is 5.82 Å². The van der Waals surface area contributed by atoms with Crippen molar-refractivity contribution in [1.82, 2.24) is 5.32 Å². The first-order valence-electron chi connectivity index (χ1n) is 4.78. The van der Waals surface area contributed by atoms with E-state index in [1.807, 2.05) is 6.07 Å². The van der Waals surface area contributed by atoms with Gasteiger partial charge in [-0.05, 0) is 30.0 Å². The maximum atomic E-state index is 12.9. The minimum absolute atomic E-state index is 0.0607. The zero-order valence-corrected chi connectivity index (χ0v) is 7.79. The topological polar surface area (TPSA) is 29.1 Å². The fraction of sp³-hybridized carbons (Fsp3) is 0.364. The molecular weight excluding hydrogens is 181 g/mol. The highest BCUT2D eigenvalue weighted by Crippen LogP contribution is 2.25. The molecule has 1 aliphatic rings. The second-order valence-electron chi connectivity index (χ2n) is 3.59. The van der Waals surface area contributed by atoms with E-state index in [-0.39, 0.29) is 17.6 Å². The Labute approximate surface area is 82.1 Å². The van der Waals surface area contributed by atoms with Gasteiger partial charge in [-0.1, -0.05) is 12.1 Å². The van der Waals surface area contributed by atoms with Gasteiger partial charge in [-0.25, -0.2) is 4.39 Å². The molecule has 0 bridgehead atoms. The molecule has 1 aliphatic heterocycles. The Morgan fingerprint density at radius 3 is 3.00 bits per heavy atom. The molecule has 3 heteroatoms. The monoisotopic (exact) mass is 193 g/mol.